The smallest absolute Gasteiger partial charge is 0.0541 e. The lowest BCUT2D eigenvalue weighted by molar-refractivity contribution is 0.975. The third kappa shape index (κ3) is 8.74. The molecule has 374 valence electrons. The first-order valence-electron chi connectivity index (χ1n) is 27.4. The Bertz CT molecular complexity index is 4200. The fourth-order valence-corrected chi connectivity index (χ4v) is 12.5. The summed E-state index contributed by atoms with van der Waals surface area (Å²) < 4.78 is 2.47. The number of aromatic nitrogens is 1. The molecule has 0 radical (unpaired) electrons. The van der Waals surface area contributed by atoms with Gasteiger partial charge in [0.15, 0.2) is 0 Å². The second-order valence-corrected chi connectivity index (χ2v) is 21.0. The molecular weight excluding hydrogens is 953 g/mol. The molecule has 0 aliphatic rings. The average Bonchev–Trinajstić information content (AvgIpc) is 4.06. The van der Waals surface area contributed by atoms with E-state index in [0.717, 1.165) is 33.8 Å². The van der Waals surface area contributed by atoms with Crippen molar-refractivity contribution in [1.29, 1.82) is 0 Å². The van der Waals surface area contributed by atoms with Gasteiger partial charge >= 0.3 is 0 Å². The molecule has 14 aromatic rings. The quantitative estimate of drug-likeness (QED) is 0.0926. The van der Waals surface area contributed by atoms with Gasteiger partial charge in [0, 0.05) is 39.4 Å². The maximum atomic E-state index is 2.47. The summed E-state index contributed by atoms with van der Waals surface area (Å²) >= 11 is 0. The molecule has 0 aliphatic heterocycles. The number of para-hydroxylation sites is 2. The van der Waals surface area contributed by atoms with E-state index < -0.39 is 0 Å². The summed E-state index contributed by atoms with van der Waals surface area (Å²) in [6.45, 7) is 4.44. The van der Waals surface area contributed by atoms with Gasteiger partial charge < -0.3 is 9.47 Å². The summed E-state index contributed by atoms with van der Waals surface area (Å²) in [5.74, 6) is 0.0916. The SMILES string of the molecule is Cc1cc(-c2ccc3c(c2)c2cc(-c4cc(C)cc(N(c5ccccc5)c5ccccc5)c4)ccc2n3-c2ccc(-c3c4ccccc4c(-c4ccccc4)c4ccccc34)cc2)cc(C(c2ccccc2)c2ccccc2)c1. The summed E-state index contributed by atoms with van der Waals surface area (Å²) in [4.78, 5) is 2.36. The monoisotopic (exact) mass is 1010 g/mol. The number of nitrogens with zero attached hydrogens (tertiary/aromatic N) is 2. The van der Waals surface area contributed by atoms with Crippen molar-refractivity contribution < 1.29 is 0 Å². The lowest BCUT2D eigenvalue weighted by atomic mass is 9.83. The van der Waals surface area contributed by atoms with E-state index in [-0.39, 0.29) is 5.92 Å². The molecule has 2 heteroatoms. The van der Waals surface area contributed by atoms with E-state index in [1.165, 1.54) is 105 Å². The molecule has 0 atom stereocenters. The van der Waals surface area contributed by atoms with Crippen LogP contribution in [0.25, 0.3) is 93.5 Å². The summed E-state index contributed by atoms with van der Waals surface area (Å²) in [6, 6.07) is 109. The highest BCUT2D eigenvalue weighted by Gasteiger charge is 2.22. The second kappa shape index (κ2) is 20.2. The first-order valence-corrected chi connectivity index (χ1v) is 27.4. The van der Waals surface area contributed by atoms with Crippen molar-refractivity contribution in [3.63, 3.8) is 0 Å². The summed E-state index contributed by atoms with van der Waals surface area (Å²) in [6.07, 6.45) is 0. The number of aryl methyl sites for hydroxylation is 2. The van der Waals surface area contributed by atoms with Crippen molar-refractivity contribution in [3.8, 4) is 50.2 Å². The first-order chi connectivity index (χ1) is 39.0. The molecule has 79 heavy (non-hydrogen) atoms. The van der Waals surface area contributed by atoms with E-state index in [4.69, 9.17) is 0 Å². The minimum Gasteiger partial charge on any atom is -0.310 e. The van der Waals surface area contributed by atoms with Gasteiger partial charge in [0.05, 0.1) is 11.0 Å². The van der Waals surface area contributed by atoms with Gasteiger partial charge in [-0.3, -0.25) is 0 Å². The molecule has 0 bridgehead atoms. The number of benzene rings is 13. The molecule has 0 amide bonds. The van der Waals surface area contributed by atoms with E-state index >= 15 is 0 Å². The lowest BCUT2D eigenvalue weighted by Crippen LogP contribution is -2.10. The summed E-state index contributed by atoms with van der Waals surface area (Å²) in [5.41, 5.74) is 22.7. The molecule has 0 fully saturated rings. The van der Waals surface area contributed by atoms with Crippen LogP contribution in [0.3, 0.4) is 0 Å². The Hall–Kier alpha value is -10.0. The Kier molecular flexibility index (Phi) is 12.1. The molecule has 0 saturated carbocycles. The van der Waals surface area contributed by atoms with Gasteiger partial charge in [-0.25, -0.2) is 0 Å². The molecule has 0 aliphatic carbocycles. The molecule has 14 rings (SSSR count). The Morgan fingerprint density at radius 3 is 1.14 bits per heavy atom. The van der Waals surface area contributed by atoms with Crippen LogP contribution < -0.4 is 4.90 Å². The fraction of sp³-hybridized carbons (Fsp3) is 0.0390. The summed E-state index contributed by atoms with van der Waals surface area (Å²) in [7, 11) is 0. The molecule has 0 unspecified atom stereocenters. The zero-order chi connectivity index (χ0) is 52.8. The standard InChI is InChI=1S/C77H56N2/c1-52-44-60(48-62(46-52)75(54-22-8-3-9-23-54)55-24-10-4-11-25-55)58-38-42-73-71(50-58)72-51-59(61-45-53(2)47-66(49-61)78(63-28-14-6-15-29-63)64-30-16-7-17-31-64)39-43-74(72)79(73)65-40-36-57(37-41-65)77-69-34-20-18-32-67(69)76(56-26-12-5-13-27-56)68-33-19-21-35-70(68)77/h3-51,75H,1-2H3. The van der Waals surface area contributed by atoms with Gasteiger partial charge in [0.25, 0.3) is 0 Å². The van der Waals surface area contributed by atoms with Crippen molar-refractivity contribution in [2.45, 2.75) is 19.8 Å². The van der Waals surface area contributed by atoms with Crippen LogP contribution in [0.15, 0.2) is 297 Å². The average molecular weight is 1010 g/mol. The Morgan fingerprint density at radius 2 is 0.658 bits per heavy atom. The molecular formula is C77H56N2. The molecule has 2 nitrogen and oxygen atoms in total. The highest BCUT2D eigenvalue weighted by Crippen LogP contribution is 2.46. The molecule has 0 N–H and O–H groups in total. The predicted octanol–water partition coefficient (Wildman–Crippen LogP) is 21.0. The van der Waals surface area contributed by atoms with E-state index in [9.17, 15) is 0 Å². The maximum Gasteiger partial charge on any atom is 0.0541 e. The number of fused-ring (bicyclic) bond motifs is 5. The first kappa shape index (κ1) is 47.4. The van der Waals surface area contributed by atoms with Crippen LogP contribution in [-0.2, 0) is 0 Å². The Labute approximate surface area is 462 Å². The Morgan fingerprint density at radius 1 is 0.266 bits per heavy atom. The lowest BCUT2D eigenvalue weighted by Gasteiger charge is -2.26. The Balaban J connectivity index is 0.943. The highest BCUT2D eigenvalue weighted by molar-refractivity contribution is 6.21. The number of anilines is 3. The molecule has 0 spiro atoms. The van der Waals surface area contributed by atoms with Crippen molar-refractivity contribution in [2.24, 2.45) is 0 Å². The zero-order valence-corrected chi connectivity index (χ0v) is 44.3. The van der Waals surface area contributed by atoms with E-state index in [2.05, 4.69) is 321 Å². The van der Waals surface area contributed by atoms with E-state index in [1.54, 1.807) is 0 Å². The summed E-state index contributed by atoms with van der Waals surface area (Å²) in [5, 5.41) is 7.42. The highest BCUT2D eigenvalue weighted by atomic mass is 15.1. The van der Waals surface area contributed by atoms with Gasteiger partial charge in [-0.15, -0.1) is 0 Å². The van der Waals surface area contributed by atoms with Crippen LogP contribution in [0, 0.1) is 13.8 Å². The fourth-order valence-electron chi connectivity index (χ4n) is 12.5. The molecule has 0 saturated heterocycles. The van der Waals surface area contributed by atoms with Crippen LogP contribution in [0.5, 0.6) is 0 Å². The largest absolute Gasteiger partial charge is 0.310 e. The number of hydrogen-bond donors (Lipinski definition) is 0. The third-order valence-corrected chi connectivity index (χ3v) is 15.9. The van der Waals surface area contributed by atoms with Crippen LogP contribution >= 0.6 is 0 Å². The maximum absolute atomic E-state index is 2.47. The van der Waals surface area contributed by atoms with E-state index in [1.807, 2.05) is 0 Å². The van der Waals surface area contributed by atoms with Crippen molar-refractivity contribution >= 4 is 60.4 Å². The van der Waals surface area contributed by atoms with Crippen molar-refractivity contribution in [1.82, 2.24) is 4.57 Å². The van der Waals surface area contributed by atoms with Gasteiger partial charge in [-0.05, 0) is 175 Å². The van der Waals surface area contributed by atoms with Crippen LogP contribution in [0.2, 0.25) is 0 Å². The van der Waals surface area contributed by atoms with Gasteiger partial charge in [-0.2, -0.15) is 0 Å². The number of rotatable bonds is 11. The third-order valence-electron chi connectivity index (χ3n) is 15.9. The number of hydrogen-bond acceptors (Lipinski definition) is 1. The van der Waals surface area contributed by atoms with Crippen LogP contribution in [0.1, 0.15) is 33.7 Å². The van der Waals surface area contributed by atoms with Crippen molar-refractivity contribution in [3.05, 3.63) is 325 Å². The van der Waals surface area contributed by atoms with Gasteiger partial charge in [-0.1, -0.05) is 230 Å². The molecule has 1 heterocycles. The van der Waals surface area contributed by atoms with Crippen LogP contribution in [0.4, 0.5) is 17.1 Å². The van der Waals surface area contributed by atoms with Gasteiger partial charge in [0.1, 0.15) is 0 Å². The molecule has 13 aromatic carbocycles. The zero-order valence-electron chi connectivity index (χ0n) is 44.3. The van der Waals surface area contributed by atoms with Crippen LogP contribution in [-0.4, -0.2) is 4.57 Å². The normalized spacial score (nSPS) is 11.5. The molecule has 1 aromatic heterocycles. The minimum absolute atomic E-state index is 0.0916. The van der Waals surface area contributed by atoms with Gasteiger partial charge in [0.2, 0.25) is 0 Å². The topological polar surface area (TPSA) is 8.17 Å². The predicted molar refractivity (Wildman–Crippen MR) is 336 cm³/mol. The minimum atomic E-state index is 0.0916. The second-order valence-electron chi connectivity index (χ2n) is 21.0. The van der Waals surface area contributed by atoms with E-state index in [0.29, 0.717) is 0 Å². The van der Waals surface area contributed by atoms with Crippen molar-refractivity contribution in [2.75, 3.05) is 4.90 Å².